The first-order valence-corrected chi connectivity index (χ1v) is 8.90. The van der Waals surface area contributed by atoms with Gasteiger partial charge in [0.05, 0.1) is 16.1 Å². The summed E-state index contributed by atoms with van der Waals surface area (Å²) in [6.45, 7) is 2.97. The quantitative estimate of drug-likeness (QED) is 0.288. The van der Waals surface area contributed by atoms with Gasteiger partial charge in [-0.3, -0.25) is 4.99 Å². The van der Waals surface area contributed by atoms with Crippen LogP contribution in [0.25, 0.3) is 0 Å². The third-order valence-corrected chi connectivity index (χ3v) is 4.19. The molecule has 1 N–H and O–H groups in total. The summed E-state index contributed by atoms with van der Waals surface area (Å²) in [6.07, 6.45) is -8.72. The van der Waals surface area contributed by atoms with Crippen LogP contribution < -0.4 is 0 Å². The maximum absolute atomic E-state index is 12.9. The molecule has 30 heavy (non-hydrogen) atoms. The molecule has 10 heteroatoms. The van der Waals surface area contributed by atoms with Crippen LogP contribution >= 0.6 is 23.2 Å². The molecule has 2 rings (SSSR count). The van der Waals surface area contributed by atoms with Crippen molar-refractivity contribution in [1.29, 1.82) is 0 Å². The van der Waals surface area contributed by atoms with Crippen molar-refractivity contribution in [1.82, 2.24) is 0 Å². The summed E-state index contributed by atoms with van der Waals surface area (Å²) in [5.41, 5.74) is -4.42. The molecule has 0 atom stereocenters. The van der Waals surface area contributed by atoms with Crippen LogP contribution in [-0.4, -0.2) is 16.9 Å². The number of alkyl halides is 6. The Morgan fingerprint density at radius 2 is 1.43 bits per heavy atom. The fourth-order valence-corrected chi connectivity index (χ4v) is 2.71. The van der Waals surface area contributed by atoms with Gasteiger partial charge in [-0.15, -0.1) is 0 Å². The maximum atomic E-state index is 12.9. The molecule has 2 aromatic rings. The number of benzene rings is 2. The molecule has 0 aliphatic carbocycles. The summed E-state index contributed by atoms with van der Waals surface area (Å²) >= 11 is 11.7. The summed E-state index contributed by atoms with van der Waals surface area (Å²) in [6, 6.07) is 3.78. The molecule has 0 radical (unpaired) electrons. The fraction of sp³-hybridized carbons (Fsp3) is 0.250. The lowest BCUT2D eigenvalue weighted by molar-refractivity contribution is -0.143. The highest BCUT2D eigenvalue weighted by Crippen LogP contribution is 2.36. The van der Waals surface area contributed by atoms with Crippen molar-refractivity contribution in [2.45, 2.75) is 31.7 Å². The molecule has 2 nitrogen and oxygen atoms in total. The number of rotatable bonds is 2. The normalized spacial score (nSPS) is 12.7. The van der Waals surface area contributed by atoms with Crippen LogP contribution in [-0.2, 0) is 12.4 Å². The highest BCUT2D eigenvalue weighted by atomic mass is 35.5. The van der Waals surface area contributed by atoms with E-state index in [2.05, 4.69) is 16.8 Å². The average molecular weight is 468 g/mol. The zero-order valence-corrected chi connectivity index (χ0v) is 16.9. The first-order valence-electron chi connectivity index (χ1n) is 8.14. The molecular weight excluding hydrogens is 455 g/mol. The monoisotopic (exact) mass is 467 g/mol. The van der Waals surface area contributed by atoms with E-state index in [4.69, 9.17) is 23.2 Å². The van der Waals surface area contributed by atoms with Crippen molar-refractivity contribution in [3.63, 3.8) is 0 Å². The van der Waals surface area contributed by atoms with Crippen LogP contribution in [0, 0.1) is 11.8 Å². The SMILES string of the molecule is CC(C)(C#Cc1cc(C(F)(F)F)cc(C(F)(F)F)c1)/N=C/c1cc(Cl)cc(Cl)c1O. The Morgan fingerprint density at radius 1 is 0.900 bits per heavy atom. The second-order valence-electron chi connectivity index (χ2n) is 6.69. The molecule has 2 aromatic carbocycles. The number of hydrogen-bond acceptors (Lipinski definition) is 2. The Morgan fingerprint density at radius 3 is 1.93 bits per heavy atom. The van der Waals surface area contributed by atoms with Crippen molar-refractivity contribution in [3.8, 4) is 17.6 Å². The number of phenolic OH excluding ortho intramolecular Hbond substituents is 1. The molecule has 0 unspecified atom stereocenters. The minimum Gasteiger partial charge on any atom is -0.506 e. The highest BCUT2D eigenvalue weighted by Gasteiger charge is 2.36. The van der Waals surface area contributed by atoms with Gasteiger partial charge in [-0.25, -0.2) is 0 Å². The van der Waals surface area contributed by atoms with Crippen LogP contribution in [0.4, 0.5) is 26.3 Å². The van der Waals surface area contributed by atoms with Gasteiger partial charge in [-0.05, 0) is 44.2 Å². The highest BCUT2D eigenvalue weighted by molar-refractivity contribution is 6.36. The van der Waals surface area contributed by atoms with Crippen molar-refractivity contribution in [3.05, 3.63) is 62.6 Å². The molecule has 0 saturated carbocycles. The minimum atomic E-state index is -4.96. The predicted octanol–water partition coefficient (Wildman–Crippen LogP) is 6.99. The van der Waals surface area contributed by atoms with Crippen molar-refractivity contribution < 1.29 is 31.4 Å². The van der Waals surface area contributed by atoms with Crippen LogP contribution in [0.1, 0.15) is 36.1 Å². The smallest absolute Gasteiger partial charge is 0.416 e. The third-order valence-electron chi connectivity index (χ3n) is 3.68. The molecule has 0 aromatic heterocycles. The Hall–Kier alpha value is -2.37. The number of hydrogen-bond donors (Lipinski definition) is 1. The maximum Gasteiger partial charge on any atom is 0.416 e. The lowest BCUT2D eigenvalue weighted by atomic mass is 10.0. The van der Waals surface area contributed by atoms with E-state index < -0.39 is 34.6 Å². The van der Waals surface area contributed by atoms with Gasteiger partial charge < -0.3 is 5.11 Å². The van der Waals surface area contributed by atoms with Gasteiger partial charge in [0, 0.05) is 22.4 Å². The van der Waals surface area contributed by atoms with Gasteiger partial charge in [0.15, 0.2) is 0 Å². The Labute approximate surface area is 178 Å². The number of aromatic hydroxyl groups is 1. The molecule has 0 saturated heterocycles. The Kier molecular flexibility index (Phi) is 6.69. The molecular formula is C20H13Cl2F6NO. The van der Waals surface area contributed by atoms with E-state index in [-0.39, 0.29) is 27.4 Å². The lowest BCUT2D eigenvalue weighted by Crippen LogP contribution is -2.14. The van der Waals surface area contributed by atoms with Crippen LogP contribution in [0.5, 0.6) is 5.75 Å². The zero-order valence-electron chi connectivity index (χ0n) is 15.4. The van der Waals surface area contributed by atoms with Crippen molar-refractivity contribution >= 4 is 29.4 Å². The molecule has 0 heterocycles. The van der Waals surface area contributed by atoms with E-state index in [1.807, 2.05) is 0 Å². The molecule has 0 aliphatic rings. The summed E-state index contributed by atoms with van der Waals surface area (Å²) in [4.78, 5) is 4.11. The fourth-order valence-electron chi connectivity index (χ4n) is 2.20. The number of halogens is 8. The summed E-state index contributed by atoms with van der Waals surface area (Å²) in [5, 5.41) is 10.1. The second-order valence-corrected chi connectivity index (χ2v) is 7.53. The van der Waals surface area contributed by atoms with Gasteiger partial charge in [-0.1, -0.05) is 35.0 Å². The Balaban J connectivity index is 2.42. The predicted molar refractivity (Wildman–Crippen MR) is 103 cm³/mol. The number of aliphatic imine (C=N–C) groups is 1. The molecule has 0 bridgehead atoms. The standard InChI is InChI=1S/C20H13Cl2F6NO/c1-18(2,29-10-12-7-15(21)9-16(22)17(12)30)4-3-11-5-13(19(23,24)25)8-14(6-11)20(26,27)28/h5-10,30H,1-2H3/b29-10+. The van der Waals surface area contributed by atoms with Crippen LogP contribution in [0.2, 0.25) is 10.0 Å². The molecule has 0 amide bonds. The van der Waals surface area contributed by atoms with E-state index in [1.54, 1.807) is 0 Å². The van der Waals surface area contributed by atoms with Crippen LogP contribution in [0.3, 0.4) is 0 Å². The van der Waals surface area contributed by atoms with E-state index in [0.29, 0.717) is 12.1 Å². The number of phenols is 1. The van der Waals surface area contributed by atoms with Crippen molar-refractivity contribution in [2.75, 3.05) is 0 Å². The molecule has 160 valence electrons. The largest absolute Gasteiger partial charge is 0.506 e. The first-order chi connectivity index (χ1) is 13.6. The minimum absolute atomic E-state index is 0.0171. The molecule has 0 spiro atoms. The van der Waals surface area contributed by atoms with E-state index in [9.17, 15) is 31.4 Å². The van der Waals surface area contributed by atoms with E-state index in [1.165, 1.54) is 32.2 Å². The van der Waals surface area contributed by atoms with Gasteiger partial charge in [0.25, 0.3) is 0 Å². The average Bonchev–Trinajstić information content (AvgIpc) is 2.60. The van der Waals surface area contributed by atoms with Gasteiger partial charge in [0.1, 0.15) is 11.3 Å². The van der Waals surface area contributed by atoms with E-state index >= 15 is 0 Å². The van der Waals surface area contributed by atoms with E-state index in [0.717, 1.165) is 0 Å². The summed E-state index contributed by atoms with van der Waals surface area (Å²) in [5.74, 6) is 4.54. The zero-order chi connectivity index (χ0) is 22.9. The van der Waals surface area contributed by atoms with Gasteiger partial charge in [-0.2, -0.15) is 26.3 Å². The van der Waals surface area contributed by atoms with Crippen molar-refractivity contribution in [2.24, 2.45) is 4.99 Å². The first kappa shape index (κ1) is 23.9. The topological polar surface area (TPSA) is 32.6 Å². The Bertz CT molecular complexity index is 1010. The van der Waals surface area contributed by atoms with Crippen LogP contribution in [0.15, 0.2) is 35.3 Å². The number of nitrogens with zero attached hydrogens (tertiary/aromatic N) is 1. The molecule has 0 aliphatic heterocycles. The van der Waals surface area contributed by atoms with Gasteiger partial charge in [0.2, 0.25) is 0 Å². The summed E-state index contributed by atoms with van der Waals surface area (Å²) in [7, 11) is 0. The second kappa shape index (κ2) is 8.40. The molecule has 0 fully saturated rings. The lowest BCUT2D eigenvalue weighted by Gasteiger charge is -2.13. The summed E-state index contributed by atoms with van der Waals surface area (Å²) < 4.78 is 77.6. The van der Waals surface area contributed by atoms with Gasteiger partial charge >= 0.3 is 12.4 Å². The third kappa shape index (κ3) is 6.31.